The van der Waals surface area contributed by atoms with Crippen molar-refractivity contribution >= 4 is 11.8 Å². The van der Waals surface area contributed by atoms with Crippen LogP contribution >= 0.6 is 0 Å². The molecule has 0 aliphatic rings. The molecule has 5 heteroatoms. The Hall–Kier alpha value is -3.47. The van der Waals surface area contributed by atoms with Crippen LogP contribution in [0.4, 0.5) is 4.39 Å². The number of hydrogen-bond donors (Lipinski definition) is 1. The summed E-state index contributed by atoms with van der Waals surface area (Å²) in [6, 6.07) is 24.6. The van der Waals surface area contributed by atoms with Gasteiger partial charge in [-0.25, -0.2) is 4.39 Å². The normalized spacial score (nSPS) is 12.6. The molecule has 3 rings (SSSR count). The van der Waals surface area contributed by atoms with Gasteiger partial charge in [-0.15, -0.1) is 0 Å². The largest absolute Gasteiger partial charge is 0.352 e. The molecular weight excluding hydrogens is 415 g/mol. The highest BCUT2D eigenvalue weighted by Gasteiger charge is 2.30. The van der Waals surface area contributed by atoms with Crippen LogP contribution in [0.15, 0.2) is 84.9 Å². The summed E-state index contributed by atoms with van der Waals surface area (Å²) in [5.74, 6) is -0.690. The molecule has 0 radical (unpaired) electrons. The molecule has 3 aromatic rings. The summed E-state index contributed by atoms with van der Waals surface area (Å²) in [6.45, 7) is 4.28. The number of benzene rings is 3. The van der Waals surface area contributed by atoms with Gasteiger partial charge in [0.15, 0.2) is 0 Å². The number of hydrogen-bond acceptors (Lipinski definition) is 2. The third-order valence-corrected chi connectivity index (χ3v) is 5.74. The molecule has 1 N–H and O–H groups in total. The van der Waals surface area contributed by atoms with Crippen LogP contribution < -0.4 is 5.32 Å². The molecule has 0 aliphatic heterocycles. The second-order valence-corrected chi connectivity index (χ2v) is 8.33. The number of halogens is 1. The zero-order chi connectivity index (χ0) is 23.6. The molecule has 4 nitrogen and oxygen atoms in total. The van der Waals surface area contributed by atoms with Crippen molar-refractivity contribution in [1.29, 1.82) is 0 Å². The number of carbonyl (C=O) groups is 2. The molecule has 0 saturated heterocycles. The SMILES string of the molecule is CC[C@@H](C)NC(=O)[C@H](Cc1ccccc1)N(Cc1ccccc1)C(=O)Cc1ccc(F)cc1. The highest BCUT2D eigenvalue weighted by molar-refractivity contribution is 5.89. The molecule has 3 aromatic carbocycles. The third-order valence-electron chi connectivity index (χ3n) is 5.74. The quantitative estimate of drug-likeness (QED) is 0.480. The van der Waals surface area contributed by atoms with Gasteiger partial charge in [0.2, 0.25) is 11.8 Å². The number of rotatable bonds is 10. The van der Waals surface area contributed by atoms with Crippen LogP contribution in [0.1, 0.15) is 37.0 Å². The van der Waals surface area contributed by atoms with E-state index in [0.717, 1.165) is 17.5 Å². The van der Waals surface area contributed by atoms with E-state index in [1.165, 1.54) is 12.1 Å². The van der Waals surface area contributed by atoms with Crippen molar-refractivity contribution in [1.82, 2.24) is 10.2 Å². The molecule has 0 saturated carbocycles. The second-order valence-electron chi connectivity index (χ2n) is 8.33. The predicted molar refractivity (Wildman–Crippen MR) is 129 cm³/mol. The van der Waals surface area contributed by atoms with E-state index >= 15 is 0 Å². The van der Waals surface area contributed by atoms with Gasteiger partial charge >= 0.3 is 0 Å². The average Bonchev–Trinajstić information content (AvgIpc) is 2.83. The molecule has 2 amide bonds. The topological polar surface area (TPSA) is 49.4 Å². The fraction of sp³-hybridized carbons (Fsp3) is 0.286. The zero-order valence-electron chi connectivity index (χ0n) is 19.2. The van der Waals surface area contributed by atoms with Gasteiger partial charge in [0.05, 0.1) is 6.42 Å². The van der Waals surface area contributed by atoms with E-state index in [1.54, 1.807) is 17.0 Å². The molecule has 0 fully saturated rings. The van der Waals surface area contributed by atoms with E-state index < -0.39 is 6.04 Å². The maximum atomic E-state index is 13.5. The monoisotopic (exact) mass is 446 g/mol. The molecule has 33 heavy (non-hydrogen) atoms. The Morgan fingerprint density at radius 3 is 2.00 bits per heavy atom. The van der Waals surface area contributed by atoms with Crippen molar-refractivity contribution in [3.05, 3.63) is 107 Å². The summed E-state index contributed by atoms with van der Waals surface area (Å²) in [5.41, 5.74) is 2.63. The Labute approximate surface area is 195 Å². The Morgan fingerprint density at radius 1 is 0.848 bits per heavy atom. The first-order chi connectivity index (χ1) is 16.0. The van der Waals surface area contributed by atoms with Crippen LogP contribution in [0.2, 0.25) is 0 Å². The van der Waals surface area contributed by atoms with Gasteiger partial charge in [-0.2, -0.15) is 0 Å². The Morgan fingerprint density at radius 2 is 1.42 bits per heavy atom. The molecular formula is C28H31FN2O2. The number of nitrogens with zero attached hydrogens (tertiary/aromatic N) is 1. The molecule has 2 atom stereocenters. The maximum Gasteiger partial charge on any atom is 0.243 e. The summed E-state index contributed by atoms with van der Waals surface area (Å²) in [6.07, 6.45) is 1.30. The number of nitrogens with one attached hydrogen (secondary N) is 1. The van der Waals surface area contributed by atoms with Crippen molar-refractivity contribution in [3.8, 4) is 0 Å². The summed E-state index contributed by atoms with van der Waals surface area (Å²) in [7, 11) is 0. The van der Waals surface area contributed by atoms with Gasteiger partial charge in [-0.05, 0) is 42.2 Å². The Balaban J connectivity index is 1.94. The molecule has 0 aromatic heterocycles. The van der Waals surface area contributed by atoms with Crippen LogP contribution in [-0.4, -0.2) is 28.8 Å². The van der Waals surface area contributed by atoms with Crippen LogP contribution in [0.5, 0.6) is 0 Å². The Kier molecular flexibility index (Phi) is 8.76. The summed E-state index contributed by atoms with van der Waals surface area (Å²) in [4.78, 5) is 28.6. The van der Waals surface area contributed by atoms with Crippen molar-refractivity contribution in [2.75, 3.05) is 0 Å². The number of carbonyl (C=O) groups excluding carboxylic acids is 2. The van der Waals surface area contributed by atoms with Crippen LogP contribution in [0, 0.1) is 5.82 Å². The van der Waals surface area contributed by atoms with Crippen LogP contribution in [0.25, 0.3) is 0 Å². The fourth-order valence-electron chi connectivity index (χ4n) is 3.65. The molecule has 0 unspecified atom stereocenters. The average molecular weight is 447 g/mol. The minimum atomic E-state index is -0.672. The Bertz CT molecular complexity index is 1020. The van der Waals surface area contributed by atoms with E-state index in [-0.39, 0.29) is 30.1 Å². The molecule has 172 valence electrons. The van der Waals surface area contributed by atoms with E-state index in [4.69, 9.17) is 0 Å². The first-order valence-electron chi connectivity index (χ1n) is 11.4. The van der Waals surface area contributed by atoms with Gasteiger partial charge in [-0.1, -0.05) is 79.7 Å². The summed E-state index contributed by atoms with van der Waals surface area (Å²) < 4.78 is 13.4. The maximum absolute atomic E-state index is 13.5. The summed E-state index contributed by atoms with van der Waals surface area (Å²) >= 11 is 0. The fourth-order valence-corrected chi connectivity index (χ4v) is 3.65. The van der Waals surface area contributed by atoms with E-state index in [2.05, 4.69) is 5.32 Å². The van der Waals surface area contributed by atoms with Gasteiger partial charge in [0, 0.05) is 19.0 Å². The smallest absolute Gasteiger partial charge is 0.243 e. The second kappa shape index (κ2) is 12.0. The highest BCUT2D eigenvalue weighted by atomic mass is 19.1. The molecule has 0 aliphatic carbocycles. The highest BCUT2D eigenvalue weighted by Crippen LogP contribution is 2.17. The lowest BCUT2D eigenvalue weighted by atomic mass is 10.0. The van der Waals surface area contributed by atoms with Gasteiger partial charge in [-0.3, -0.25) is 9.59 Å². The van der Waals surface area contributed by atoms with Crippen LogP contribution in [0.3, 0.4) is 0 Å². The van der Waals surface area contributed by atoms with E-state index in [9.17, 15) is 14.0 Å². The summed E-state index contributed by atoms with van der Waals surface area (Å²) in [5, 5.41) is 3.06. The third kappa shape index (κ3) is 7.28. The lowest BCUT2D eigenvalue weighted by Gasteiger charge is -2.32. The molecule has 0 bridgehead atoms. The first kappa shape index (κ1) is 24.2. The van der Waals surface area contributed by atoms with E-state index in [0.29, 0.717) is 18.5 Å². The molecule has 0 spiro atoms. The minimum Gasteiger partial charge on any atom is -0.352 e. The standard InChI is InChI=1S/C28H31FN2O2/c1-3-21(2)30-28(33)26(18-22-10-6-4-7-11-22)31(20-24-12-8-5-9-13-24)27(32)19-23-14-16-25(29)17-15-23/h4-17,21,26H,3,18-20H2,1-2H3,(H,30,33)/t21-,26+/m1/s1. The van der Waals surface area contributed by atoms with Gasteiger partial charge in [0.25, 0.3) is 0 Å². The van der Waals surface area contributed by atoms with Gasteiger partial charge in [0.1, 0.15) is 11.9 Å². The lowest BCUT2D eigenvalue weighted by molar-refractivity contribution is -0.141. The van der Waals surface area contributed by atoms with Crippen LogP contribution in [-0.2, 0) is 29.0 Å². The van der Waals surface area contributed by atoms with Crippen molar-refractivity contribution < 1.29 is 14.0 Å². The lowest BCUT2D eigenvalue weighted by Crippen LogP contribution is -2.52. The zero-order valence-corrected chi connectivity index (χ0v) is 19.2. The number of amides is 2. The first-order valence-corrected chi connectivity index (χ1v) is 11.4. The molecule has 0 heterocycles. The predicted octanol–water partition coefficient (Wildman–Crippen LogP) is 4.92. The van der Waals surface area contributed by atoms with Crippen molar-refractivity contribution in [2.45, 2.75) is 51.7 Å². The van der Waals surface area contributed by atoms with Gasteiger partial charge < -0.3 is 10.2 Å². The minimum absolute atomic E-state index is 0.00143. The van der Waals surface area contributed by atoms with E-state index in [1.807, 2.05) is 74.5 Å². The van der Waals surface area contributed by atoms with Crippen molar-refractivity contribution in [3.63, 3.8) is 0 Å². The van der Waals surface area contributed by atoms with Crippen molar-refractivity contribution in [2.24, 2.45) is 0 Å².